The van der Waals surface area contributed by atoms with Gasteiger partial charge in [-0.15, -0.1) is 0 Å². The summed E-state index contributed by atoms with van der Waals surface area (Å²) in [6.07, 6.45) is 0.980. The fourth-order valence-electron chi connectivity index (χ4n) is 2.32. The number of nitrogens with two attached hydrogens (primary N) is 1. The molecule has 2 atom stereocenters. The third kappa shape index (κ3) is 2.97. The van der Waals surface area contributed by atoms with Gasteiger partial charge in [-0.25, -0.2) is 4.39 Å². The van der Waals surface area contributed by atoms with Crippen molar-refractivity contribution in [2.45, 2.75) is 25.9 Å². The van der Waals surface area contributed by atoms with Crippen LogP contribution in [0.1, 0.15) is 18.9 Å². The van der Waals surface area contributed by atoms with Gasteiger partial charge >= 0.3 is 0 Å². The highest BCUT2D eigenvalue weighted by Gasteiger charge is 2.23. The molecule has 1 aromatic carbocycles. The maximum atomic E-state index is 13.2. The standard InChI is InChI=1S/C13H17Cl2FN2/c1-8-6-18(5-4-11(8)17)7-9-2-3-10(16)13(15)12(9)14/h2-3,8,11H,4-7,17H2,1H3. The van der Waals surface area contributed by atoms with Gasteiger partial charge in [0, 0.05) is 19.1 Å². The van der Waals surface area contributed by atoms with E-state index in [1.54, 1.807) is 6.07 Å². The predicted molar refractivity (Wildman–Crippen MR) is 73.5 cm³/mol. The van der Waals surface area contributed by atoms with Crippen molar-refractivity contribution < 1.29 is 4.39 Å². The average Bonchev–Trinajstić information content (AvgIpc) is 2.34. The van der Waals surface area contributed by atoms with Crippen molar-refractivity contribution in [2.24, 2.45) is 11.7 Å². The van der Waals surface area contributed by atoms with Crippen LogP contribution in [0.3, 0.4) is 0 Å². The van der Waals surface area contributed by atoms with Gasteiger partial charge in [-0.1, -0.05) is 36.2 Å². The fourth-order valence-corrected chi connectivity index (χ4v) is 2.72. The number of hydrogen-bond acceptors (Lipinski definition) is 2. The van der Waals surface area contributed by atoms with Crippen LogP contribution in [0, 0.1) is 11.7 Å². The van der Waals surface area contributed by atoms with E-state index < -0.39 is 5.82 Å². The third-order valence-electron chi connectivity index (χ3n) is 3.56. The Balaban J connectivity index is 2.08. The normalized spacial score (nSPS) is 25.4. The van der Waals surface area contributed by atoms with Crippen molar-refractivity contribution in [3.63, 3.8) is 0 Å². The lowest BCUT2D eigenvalue weighted by Crippen LogP contribution is -2.45. The van der Waals surface area contributed by atoms with Crippen molar-refractivity contribution in [3.8, 4) is 0 Å². The predicted octanol–water partition coefficient (Wildman–Crippen LogP) is 3.30. The number of nitrogens with zero attached hydrogens (tertiary/aromatic N) is 1. The molecule has 1 aliphatic heterocycles. The van der Waals surface area contributed by atoms with E-state index in [0.29, 0.717) is 17.5 Å². The van der Waals surface area contributed by atoms with Crippen LogP contribution in [-0.4, -0.2) is 24.0 Å². The van der Waals surface area contributed by atoms with E-state index in [9.17, 15) is 4.39 Å². The number of halogens is 3. The van der Waals surface area contributed by atoms with Gasteiger partial charge in [0.15, 0.2) is 0 Å². The molecule has 2 nitrogen and oxygen atoms in total. The van der Waals surface area contributed by atoms with Crippen molar-refractivity contribution in [3.05, 3.63) is 33.6 Å². The Labute approximate surface area is 117 Å². The molecule has 18 heavy (non-hydrogen) atoms. The maximum absolute atomic E-state index is 13.2. The number of benzene rings is 1. The molecule has 0 spiro atoms. The van der Waals surface area contributed by atoms with Gasteiger partial charge < -0.3 is 5.73 Å². The van der Waals surface area contributed by atoms with Gasteiger partial charge in [0.2, 0.25) is 0 Å². The molecule has 1 aromatic rings. The molecule has 5 heteroatoms. The molecular weight excluding hydrogens is 274 g/mol. The lowest BCUT2D eigenvalue weighted by molar-refractivity contribution is 0.158. The smallest absolute Gasteiger partial charge is 0.143 e. The SMILES string of the molecule is CC1CN(Cc2ccc(F)c(Cl)c2Cl)CCC1N. The van der Waals surface area contributed by atoms with E-state index in [2.05, 4.69) is 11.8 Å². The molecule has 0 bridgehead atoms. The Kier molecular flexibility index (Phi) is 4.49. The molecular formula is C13H17Cl2FN2. The molecule has 2 rings (SSSR count). The summed E-state index contributed by atoms with van der Waals surface area (Å²) >= 11 is 11.9. The second-order valence-corrected chi connectivity index (χ2v) is 5.76. The molecule has 2 N–H and O–H groups in total. The highest BCUT2D eigenvalue weighted by atomic mass is 35.5. The van der Waals surface area contributed by atoms with Crippen LogP contribution >= 0.6 is 23.2 Å². The van der Waals surface area contributed by atoms with Crippen molar-refractivity contribution in [2.75, 3.05) is 13.1 Å². The van der Waals surface area contributed by atoms with Gasteiger partial charge in [0.25, 0.3) is 0 Å². The second kappa shape index (κ2) is 5.74. The van der Waals surface area contributed by atoms with Gasteiger partial charge in [0.1, 0.15) is 5.82 Å². The van der Waals surface area contributed by atoms with E-state index in [4.69, 9.17) is 28.9 Å². The van der Waals surface area contributed by atoms with Crippen LogP contribution in [0.25, 0.3) is 0 Å². The number of hydrogen-bond donors (Lipinski definition) is 1. The van der Waals surface area contributed by atoms with Crippen LogP contribution in [0.15, 0.2) is 12.1 Å². The molecule has 1 saturated heterocycles. The molecule has 1 fully saturated rings. The molecule has 0 aromatic heterocycles. The van der Waals surface area contributed by atoms with Crippen LogP contribution < -0.4 is 5.73 Å². The molecule has 0 radical (unpaired) electrons. The number of piperidine rings is 1. The summed E-state index contributed by atoms with van der Waals surface area (Å²) in [5, 5.41) is 0.329. The summed E-state index contributed by atoms with van der Waals surface area (Å²) in [5.41, 5.74) is 6.85. The summed E-state index contributed by atoms with van der Waals surface area (Å²) in [5.74, 6) is -0.00658. The minimum absolute atomic E-state index is 0.0101. The zero-order valence-electron chi connectivity index (χ0n) is 10.3. The first-order chi connectivity index (χ1) is 8.49. The Bertz CT molecular complexity index is 439. The number of rotatable bonds is 2. The van der Waals surface area contributed by atoms with Crippen LogP contribution in [0.4, 0.5) is 4.39 Å². The first-order valence-corrected chi connectivity index (χ1v) is 6.85. The minimum atomic E-state index is -0.473. The molecule has 1 aliphatic rings. The van der Waals surface area contributed by atoms with Gasteiger partial charge in [-0.2, -0.15) is 0 Å². The van der Waals surface area contributed by atoms with Gasteiger partial charge in [-0.05, 0) is 30.5 Å². The van der Waals surface area contributed by atoms with E-state index in [1.807, 2.05) is 0 Å². The molecule has 0 amide bonds. The molecule has 100 valence electrons. The summed E-state index contributed by atoms with van der Waals surface area (Å²) in [4.78, 5) is 2.28. The third-order valence-corrected chi connectivity index (χ3v) is 4.46. The van der Waals surface area contributed by atoms with Gasteiger partial charge in [0.05, 0.1) is 10.0 Å². The topological polar surface area (TPSA) is 29.3 Å². The summed E-state index contributed by atoms with van der Waals surface area (Å²) in [6, 6.07) is 3.33. The lowest BCUT2D eigenvalue weighted by atomic mass is 9.94. The molecule has 2 unspecified atom stereocenters. The monoisotopic (exact) mass is 290 g/mol. The van der Waals surface area contributed by atoms with Crippen LogP contribution in [0.5, 0.6) is 0 Å². The Morgan fingerprint density at radius 2 is 2.11 bits per heavy atom. The van der Waals surface area contributed by atoms with Crippen molar-refractivity contribution in [1.29, 1.82) is 0 Å². The van der Waals surface area contributed by atoms with E-state index >= 15 is 0 Å². The molecule has 1 heterocycles. The zero-order chi connectivity index (χ0) is 13.3. The highest BCUT2D eigenvalue weighted by Crippen LogP contribution is 2.30. The summed E-state index contributed by atoms with van der Waals surface area (Å²) in [7, 11) is 0. The summed E-state index contributed by atoms with van der Waals surface area (Å²) < 4.78 is 13.2. The van der Waals surface area contributed by atoms with Crippen molar-refractivity contribution in [1.82, 2.24) is 4.90 Å². The Hall–Kier alpha value is -0.350. The maximum Gasteiger partial charge on any atom is 0.143 e. The fraction of sp³-hybridized carbons (Fsp3) is 0.538. The van der Waals surface area contributed by atoms with E-state index in [1.165, 1.54) is 6.07 Å². The first kappa shape index (κ1) is 14.1. The van der Waals surface area contributed by atoms with Crippen LogP contribution in [-0.2, 0) is 6.54 Å². The second-order valence-electron chi connectivity index (χ2n) is 5.00. The average molecular weight is 291 g/mol. The Morgan fingerprint density at radius 3 is 2.78 bits per heavy atom. The minimum Gasteiger partial charge on any atom is -0.327 e. The summed E-state index contributed by atoms with van der Waals surface area (Å²) in [6.45, 7) is 4.72. The highest BCUT2D eigenvalue weighted by molar-refractivity contribution is 6.42. The van der Waals surface area contributed by atoms with E-state index in [-0.39, 0.29) is 11.1 Å². The molecule has 0 aliphatic carbocycles. The van der Waals surface area contributed by atoms with E-state index in [0.717, 1.165) is 25.1 Å². The van der Waals surface area contributed by atoms with Crippen molar-refractivity contribution >= 4 is 23.2 Å². The quantitative estimate of drug-likeness (QED) is 0.847. The number of likely N-dealkylation sites (tertiary alicyclic amines) is 1. The zero-order valence-corrected chi connectivity index (χ0v) is 11.8. The molecule has 0 saturated carbocycles. The van der Waals surface area contributed by atoms with Crippen LogP contribution in [0.2, 0.25) is 10.0 Å². The van der Waals surface area contributed by atoms with Gasteiger partial charge in [-0.3, -0.25) is 4.90 Å². The lowest BCUT2D eigenvalue weighted by Gasteiger charge is -2.35. The largest absolute Gasteiger partial charge is 0.327 e. The Morgan fingerprint density at radius 1 is 1.39 bits per heavy atom. The first-order valence-electron chi connectivity index (χ1n) is 6.09.